The highest BCUT2D eigenvalue weighted by Crippen LogP contribution is 2.23. The van der Waals surface area contributed by atoms with E-state index in [1.165, 1.54) is 0 Å². The second-order valence-corrected chi connectivity index (χ2v) is 5.82. The van der Waals surface area contributed by atoms with Crippen molar-refractivity contribution in [1.82, 2.24) is 20.6 Å². The van der Waals surface area contributed by atoms with Crippen molar-refractivity contribution >= 4 is 11.6 Å². The normalized spacial score (nSPS) is 11.6. The summed E-state index contributed by atoms with van der Waals surface area (Å²) in [5, 5.41) is 16.9. The van der Waals surface area contributed by atoms with Crippen molar-refractivity contribution in [3.63, 3.8) is 0 Å². The summed E-state index contributed by atoms with van der Waals surface area (Å²) in [6.45, 7) is 2.51. The number of anilines is 1. The van der Waals surface area contributed by atoms with E-state index in [1.807, 2.05) is 43.3 Å². The largest absolute Gasteiger partial charge is 0.497 e. The second kappa shape index (κ2) is 8.79. The average Bonchev–Trinajstić information content (AvgIpc) is 3.22. The van der Waals surface area contributed by atoms with Crippen molar-refractivity contribution in [1.29, 1.82) is 0 Å². The number of tetrazole rings is 1. The first-order valence-electron chi connectivity index (χ1n) is 8.59. The molecule has 1 aromatic heterocycles. The summed E-state index contributed by atoms with van der Waals surface area (Å²) in [6.07, 6.45) is 0.416. The van der Waals surface area contributed by atoms with E-state index in [1.54, 1.807) is 19.2 Å². The van der Waals surface area contributed by atoms with Crippen molar-refractivity contribution < 1.29 is 14.3 Å². The van der Waals surface area contributed by atoms with Crippen molar-refractivity contribution in [2.75, 3.05) is 19.0 Å². The summed E-state index contributed by atoms with van der Waals surface area (Å²) in [6, 6.07) is 14.8. The molecule has 0 aliphatic carbocycles. The maximum Gasteiger partial charge on any atom is 0.235 e. The number of nitrogens with one attached hydrogen (secondary N) is 2. The maximum atomic E-state index is 12.9. The van der Waals surface area contributed by atoms with Crippen LogP contribution < -0.4 is 14.8 Å². The van der Waals surface area contributed by atoms with Crippen LogP contribution in [0, 0.1) is 0 Å². The summed E-state index contributed by atoms with van der Waals surface area (Å²) >= 11 is 0. The van der Waals surface area contributed by atoms with E-state index in [4.69, 9.17) is 9.47 Å². The third kappa shape index (κ3) is 4.81. The quantitative estimate of drug-likeness (QED) is 0.634. The highest BCUT2D eigenvalue weighted by molar-refractivity contribution is 5.95. The first-order chi connectivity index (χ1) is 13.2. The lowest BCUT2D eigenvalue weighted by atomic mass is 9.97. The first-order valence-corrected chi connectivity index (χ1v) is 8.59. The topological polar surface area (TPSA) is 102 Å². The van der Waals surface area contributed by atoms with Gasteiger partial charge in [-0.15, -0.1) is 10.2 Å². The van der Waals surface area contributed by atoms with Crippen LogP contribution in [0.2, 0.25) is 0 Å². The number of hydrogen-bond donors (Lipinski definition) is 2. The summed E-state index contributed by atoms with van der Waals surface area (Å²) in [5.74, 6) is 1.000. The van der Waals surface area contributed by atoms with Crippen LogP contribution in [0.4, 0.5) is 5.69 Å². The molecule has 1 atom stereocenters. The Hall–Kier alpha value is -3.42. The molecule has 1 heterocycles. The fraction of sp³-hybridized carbons (Fsp3) is 0.263. The van der Waals surface area contributed by atoms with Crippen molar-refractivity contribution in [2.45, 2.75) is 19.3 Å². The number of benzene rings is 2. The monoisotopic (exact) mass is 367 g/mol. The highest BCUT2D eigenvalue weighted by atomic mass is 16.5. The van der Waals surface area contributed by atoms with Crippen LogP contribution in [0.1, 0.15) is 24.2 Å². The molecule has 3 aromatic rings. The predicted octanol–water partition coefficient (Wildman–Crippen LogP) is 2.57. The Balaban J connectivity index is 1.77. The van der Waals surface area contributed by atoms with Gasteiger partial charge in [0.05, 0.1) is 13.7 Å². The lowest BCUT2D eigenvalue weighted by Gasteiger charge is -2.14. The lowest BCUT2D eigenvalue weighted by molar-refractivity contribution is -0.117. The molecular weight excluding hydrogens is 346 g/mol. The molecule has 0 radical (unpaired) electrons. The Morgan fingerprint density at radius 1 is 1.19 bits per heavy atom. The molecule has 0 fully saturated rings. The zero-order chi connectivity index (χ0) is 19.1. The van der Waals surface area contributed by atoms with Crippen LogP contribution in [0.25, 0.3) is 0 Å². The van der Waals surface area contributed by atoms with Gasteiger partial charge in [-0.3, -0.25) is 4.79 Å². The number of hydrogen-bond acceptors (Lipinski definition) is 6. The Kier molecular flexibility index (Phi) is 5.98. The molecule has 2 N–H and O–H groups in total. The molecule has 0 bridgehead atoms. The summed E-state index contributed by atoms with van der Waals surface area (Å²) < 4.78 is 10.7. The van der Waals surface area contributed by atoms with Crippen molar-refractivity contribution in [3.8, 4) is 11.5 Å². The number of rotatable bonds is 8. The Morgan fingerprint density at radius 3 is 2.67 bits per heavy atom. The maximum absolute atomic E-state index is 12.9. The third-order valence-corrected chi connectivity index (χ3v) is 4.00. The van der Waals surface area contributed by atoms with Gasteiger partial charge in [0.1, 0.15) is 17.4 Å². The number of H-pyrrole nitrogens is 1. The summed E-state index contributed by atoms with van der Waals surface area (Å²) in [7, 11) is 1.61. The molecule has 0 aliphatic heterocycles. The van der Waals surface area contributed by atoms with E-state index < -0.39 is 5.92 Å². The van der Waals surface area contributed by atoms with Crippen molar-refractivity contribution in [2.24, 2.45) is 0 Å². The highest BCUT2D eigenvalue weighted by Gasteiger charge is 2.25. The van der Waals surface area contributed by atoms with Gasteiger partial charge in [-0.05, 0) is 55.3 Å². The van der Waals surface area contributed by atoms with Gasteiger partial charge in [0.2, 0.25) is 5.91 Å². The second-order valence-electron chi connectivity index (χ2n) is 5.82. The van der Waals surface area contributed by atoms with E-state index in [0.29, 0.717) is 24.5 Å². The van der Waals surface area contributed by atoms with Crippen molar-refractivity contribution in [3.05, 3.63) is 59.9 Å². The zero-order valence-corrected chi connectivity index (χ0v) is 15.2. The first kappa shape index (κ1) is 18.4. The van der Waals surface area contributed by atoms with Gasteiger partial charge in [-0.1, -0.05) is 17.3 Å². The SMILES string of the molecule is CCOc1ccc(NC(=O)[C@@H](Cc2cccc(OC)c2)c2nn[nH]n2)cc1. The standard InChI is InChI=1S/C19H21N5O3/c1-3-27-15-9-7-14(8-10-15)20-19(25)17(18-21-23-24-22-18)12-13-5-4-6-16(11-13)26-2/h4-11,17H,3,12H2,1-2H3,(H,20,25)(H,21,22,23,24)/t17-/m0/s1. The van der Waals surface area contributed by atoms with Crippen LogP contribution in [0.3, 0.4) is 0 Å². The molecule has 8 heteroatoms. The van der Waals surface area contributed by atoms with Crippen LogP contribution in [-0.4, -0.2) is 40.2 Å². The number of aromatic nitrogens is 4. The van der Waals surface area contributed by atoms with Gasteiger partial charge in [-0.25, -0.2) is 0 Å². The van der Waals surface area contributed by atoms with Gasteiger partial charge in [0.25, 0.3) is 0 Å². The minimum Gasteiger partial charge on any atom is -0.497 e. The molecule has 0 unspecified atom stereocenters. The van der Waals surface area contributed by atoms with Crippen LogP contribution in [0.5, 0.6) is 11.5 Å². The van der Waals surface area contributed by atoms with E-state index in [-0.39, 0.29) is 5.91 Å². The molecule has 0 aliphatic rings. The van der Waals surface area contributed by atoms with E-state index in [0.717, 1.165) is 17.1 Å². The molecule has 27 heavy (non-hydrogen) atoms. The lowest BCUT2D eigenvalue weighted by Crippen LogP contribution is -2.24. The average molecular weight is 367 g/mol. The van der Waals surface area contributed by atoms with Crippen LogP contribution >= 0.6 is 0 Å². The Morgan fingerprint density at radius 2 is 2.00 bits per heavy atom. The summed E-state index contributed by atoms with van der Waals surface area (Å²) in [4.78, 5) is 12.9. The molecule has 0 spiro atoms. The molecule has 0 saturated carbocycles. The molecule has 140 valence electrons. The van der Waals surface area contributed by atoms with E-state index in [2.05, 4.69) is 25.9 Å². The van der Waals surface area contributed by atoms with Crippen LogP contribution in [0.15, 0.2) is 48.5 Å². The minimum atomic E-state index is -0.595. The number of methoxy groups -OCH3 is 1. The Bertz CT molecular complexity index is 865. The third-order valence-electron chi connectivity index (χ3n) is 4.00. The number of amides is 1. The number of aromatic amines is 1. The summed E-state index contributed by atoms with van der Waals surface area (Å²) in [5.41, 5.74) is 1.61. The van der Waals surface area contributed by atoms with Gasteiger partial charge in [0.15, 0.2) is 5.82 Å². The molecular formula is C19H21N5O3. The van der Waals surface area contributed by atoms with E-state index in [9.17, 15) is 4.79 Å². The molecule has 2 aromatic carbocycles. The molecule has 0 saturated heterocycles. The molecule has 1 amide bonds. The smallest absolute Gasteiger partial charge is 0.235 e. The number of nitrogens with zero attached hydrogens (tertiary/aromatic N) is 3. The van der Waals surface area contributed by atoms with Crippen LogP contribution in [-0.2, 0) is 11.2 Å². The fourth-order valence-corrected chi connectivity index (χ4v) is 2.68. The predicted molar refractivity (Wildman–Crippen MR) is 99.9 cm³/mol. The number of carbonyl (C=O) groups is 1. The van der Waals surface area contributed by atoms with E-state index >= 15 is 0 Å². The van der Waals surface area contributed by atoms with Gasteiger partial charge < -0.3 is 14.8 Å². The zero-order valence-electron chi connectivity index (χ0n) is 15.2. The number of carbonyl (C=O) groups excluding carboxylic acids is 1. The fourth-order valence-electron chi connectivity index (χ4n) is 2.68. The van der Waals surface area contributed by atoms with Gasteiger partial charge >= 0.3 is 0 Å². The molecule has 8 nitrogen and oxygen atoms in total. The number of ether oxygens (including phenoxy) is 2. The van der Waals surface area contributed by atoms with Gasteiger partial charge in [0, 0.05) is 5.69 Å². The molecule has 3 rings (SSSR count). The minimum absolute atomic E-state index is 0.219. The van der Waals surface area contributed by atoms with Gasteiger partial charge in [-0.2, -0.15) is 5.21 Å². The Labute approximate surface area is 156 Å².